The maximum absolute atomic E-state index is 11.9. The Morgan fingerprint density at radius 1 is 1.26 bits per heavy atom. The highest BCUT2D eigenvalue weighted by molar-refractivity contribution is 5.80. The maximum Gasteiger partial charge on any atom is 0.249 e. The van der Waals surface area contributed by atoms with Crippen LogP contribution < -0.4 is 10.1 Å². The minimum Gasteiger partial charge on any atom is -0.497 e. The number of nitrogens with one attached hydrogen (secondary N) is 1. The first kappa shape index (κ1) is 15.5. The first-order chi connectivity index (χ1) is 8.81. The van der Waals surface area contributed by atoms with Gasteiger partial charge in [-0.2, -0.15) is 0 Å². The van der Waals surface area contributed by atoms with Crippen LogP contribution >= 0.6 is 0 Å². The fraction of sp³-hybridized carbons (Fsp3) is 0.533. The van der Waals surface area contributed by atoms with Crippen LogP contribution in [-0.4, -0.2) is 24.7 Å². The predicted molar refractivity (Wildman–Crippen MR) is 75.1 cm³/mol. The summed E-state index contributed by atoms with van der Waals surface area (Å²) in [6.45, 7) is 8.04. The molecule has 1 amide bonds. The molecule has 4 heteroatoms. The van der Waals surface area contributed by atoms with Crippen LogP contribution in [0.3, 0.4) is 0 Å². The molecule has 19 heavy (non-hydrogen) atoms. The Kier molecular flexibility index (Phi) is 5.36. The molecule has 0 saturated carbocycles. The molecule has 0 heterocycles. The third kappa shape index (κ3) is 5.75. The van der Waals surface area contributed by atoms with Crippen molar-refractivity contribution in [2.75, 3.05) is 7.11 Å². The van der Waals surface area contributed by atoms with E-state index in [1.165, 1.54) is 0 Å². The Labute approximate surface area is 115 Å². The fourth-order valence-corrected chi connectivity index (χ4v) is 1.66. The van der Waals surface area contributed by atoms with E-state index in [9.17, 15) is 4.79 Å². The summed E-state index contributed by atoms with van der Waals surface area (Å²) in [6, 6.07) is 7.59. The summed E-state index contributed by atoms with van der Waals surface area (Å²) < 4.78 is 10.7. The van der Waals surface area contributed by atoms with Gasteiger partial charge in [-0.3, -0.25) is 4.79 Å². The summed E-state index contributed by atoms with van der Waals surface area (Å²) in [5.41, 5.74) is 0.703. The average molecular weight is 265 g/mol. The molecule has 1 N–H and O–H groups in total. The van der Waals surface area contributed by atoms with E-state index in [1.54, 1.807) is 14.0 Å². The Bertz CT molecular complexity index is 406. The van der Waals surface area contributed by atoms with Gasteiger partial charge in [-0.05, 0) is 45.4 Å². The van der Waals surface area contributed by atoms with Crippen molar-refractivity contribution in [2.45, 2.75) is 45.9 Å². The first-order valence-corrected chi connectivity index (χ1v) is 6.40. The Morgan fingerprint density at radius 3 is 2.32 bits per heavy atom. The standard InChI is InChI=1S/C15H23NO3/c1-11(19-15(2,3)4)14(17)16-10-12-6-8-13(18-5)9-7-12/h6-9,11H,10H2,1-5H3,(H,16,17). The summed E-state index contributed by atoms with van der Waals surface area (Å²) in [4.78, 5) is 11.9. The Morgan fingerprint density at radius 2 is 1.84 bits per heavy atom. The molecule has 1 aromatic rings. The van der Waals surface area contributed by atoms with Gasteiger partial charge in [0.05, 0.1) is 12.7 Å². The van der Waals surface area contributed by atoms with Crippen molar-refractivity contribution in [1.29, 1.82) is 0 Å². The lowest BCUT2D eigenvalue weighted by Crippen LogP contribution is -2.38. The molecular weight excluding hydrogens is 242 g/mol. The van der Waals surface area contributed by atoms with Crippen molar-refractivity contribution in [3.63, 3.8) is 0 Å². The summed E-state index contributed by atoms with van der Waals surface area (Å²) >= 11 is 0. The zero-order valence-corrected chi connectivity index (χ0v) is 12.3. The molecule has 0 aliphatic carbocycles. The van der Waals surface area contributed by atoms with E-state index in [0.29, 0.717) is 6.54 Å². The van der Waals surface area contributed by atoms with Crippen LogP contribution in [0, 0.1) is 0 Å². The van der Waals surface area contributed by atoms with E-state index in [-0.39, 0.29) is 11.5 Å². The molecule has 0 aromatic heterocycles. The minimum atomic E-state index is -0.460. The Hall–Kier alpha value is -1.55. The molecule has 4 nitrogen and oxygen atoms in total. The molecule has 0 aliphatic rings. The lowest BCUT2D eigenvalue weighted by molar-refractivity contribution is -0.140. The molecule has 106 valence electrons. The second-order valence-corrected chi connectivity index (χ2v) is 5.44. The largest absolute Gasteiger partial charge is 0.497 e. The lowest BCUT2D eigenvalue weighted by Gasteiger charge is -2.24. The molecule has 0 fully saturated rings. The van der Waals surface area contributed by atoms with Crippen LogP contribution in [-0.2, 0) is 16.1 Å². The van der Waals surface area contributed by atoms with E-state index in [1.807, 2.05) is 45.0 Å². The molecule has 1 unspecified atom stereocenters. The van der Waals surface area contributed by atoms with Crippen LogP contribution in [0.15, 0.2) is 24.3 Å². The van der Waals surface area contributed by atoms with E-state index in [2.05, 4.69) is 5.32 Å². The number of rotatable bonds is 5. The van der Waals surface area contributed by atoms with Gasteiger partial charge < -0.3 is 14.8 Å². The van der Waals surface area contributed by atoms with Crippen molar-refractivity contribution in [3.05, 3.63) is 29.8 Å². The number of hydrogen-bond donors (Lipinski definition) is 1. The van der Waals surface area contributed by atoms with Gasteiger partial charge in [0.15, 0.2) is 0 Å². The zero-order chi connectivity index (χ0) is 14.5. The van der Waals surface area contributed by atoms with Crippen LogP contribution in [0.25, 0.3) is 0 Å². The molecule has 0 bridgehead atoms. The summed E-state index contributed by atoms with van der Waals surface area (Å²) in [7, 11) is 1.63. The van der Waals surface area contributed by atoms with Gasteiger partial charge in [-0.1, -0.05) is 12.1 Å². The van der Waals surface area contributed by atoms with Gasteiger partial charge in [-0.15, -0.1) is 0 Å². The van der Waals surface area contributed by atoms with Gasteiger partial charge in [0.2, 0.25) is 5.91 Å². The SMILES string of the molecule is COc1ccc(CNC(=O)C(C)OC(C)(C)C)cc1. The van der Waals surface area contributed by atoms with Crippen molar-refractivity contribution in [1.82, 2.24) is 5.32 Å². The highest BCUT2D eigenvalue weighted by atomic mass is 16.5. The first-order valence-electron chi connectivity index (χ1n) is 6.40. The van der Waals surface area contributed by atoms with Crippen LogP contribution in [0.2, 0.25) is 0 Å². The van der Waals surface area contributed by atoms with Crippen molar-refractivity contribution in [3.8, 4) is 5.75 Å². The van der Waals surface area contributed by atoms with Crippen LogP contribution in [0.5, 0.6) is 5.75 Å². The third-order valence-corrected chi connectivity index (χ3v) is 2.53. The molecule has 0 spiro atoms. The molecule has 1 atom stereocenters. The lowest BCUT2D eigenvalue weighted by atomic mass is 10.2. The average Bonchev–Trinajstić information content (AvgIpc) is 2.34. The van der Waals surface area contributed by atoms with Gasteiger partial charge >= 0.3 is 0 Å². The van der Waals surface area contributed by atoms with E-state index in [4.69, 9.17) is 9.47 Å². The number of carbonyl (C=O) groups is 1. The summed E-state index contributed by atoms with van der Waals surface area (Å²) in [5, 5.41) is 2.85. The number of ether oxygens (including phenoxy) is 2. The summed E-state index contributed by atoms with van der Waals surface area (Å²) in [5.74, 6) is 0.699. The van der Waals surface area contributed by atoms with Crippen LogP contribution in [0.4, 0.5) is 0 Å². The van der Waals surface area contributed by atoms with Gasteiger partial charge in [-0.25, -0.2) is 0 Å². The predicted octanol–water partition coefficient (Wildman–Crippen LogP) is 2.52. The number of hydrogen-bond acceptors (Lipinski definition) is 3. The number of amides is 1. The topological polar surface area (TPSA) is 47.6 Å². The zero-order valence-electron chi connectivity index (χ0n) is 12.3. The van der Waals surface area contributed by atoms with E-state index < -0.39 is 6.10 Å². The molecule has 0 radical (unpaired) electrons. The third-order valence-electron chi connectivity index (χ3n) is 2.53. The van der Waals surface area contributed by atoms with Gasteiger partial charge in [0.1, 0.15) is 11.9 Å². The van der Waals surface area contributed by atoms with E-state index >= 15 is 0 Å². The normalized spacial score (nSPS) is 12.9. The van der Waals surface area contributed by atoms with Crippen molar-refractivity contribution < 1.29 is 14.3 Å². The number of carbonyl (C=O) groups excluding carboxylic acids is 1. The molecule has 1 rings (SSSR count). The molecular formula is C15H23NO3. The Balaban J connectivity index is 2.45. The van der Waals surface area contributed by atoms with Gasteiger partial charge in [0, 0.05) is 6.54 Å². The summed E-state index contributed by atoms with van der Waals surface area (Å²) in [6.07, 6.45) is -0.460. The second-order valence-electron chi connectivity index (χ2n) is 5.44. The van der Waals surface area contributed by atoms with E-state index in [0.717, 1.165) is 11.3 Å². The number of methoxy groups -OCH3 is 1. The van der Waals surface area contributed by atoms with Gasteiger partial charge in [0.25, 0.3) is 0 Å². The molecule has 1 aromatic carbocycles. The quantitative estimate of drug-likeness (QED) is 0.890. The second kappa shape index (κ2) is 6.57. The number of benzene rings is 1. The minimum absolute atomic E-state index is 0.106. The monoisotopic (exact) mass is 265 g/mol. The fourth-order valence-electron chi connectivity index (χ4n) is 1.66. The van der Waals surface area contributed by atoms with Crippen molar-refractivity contribution >= 4 is 5.91 Å². The highest BCUT2D eigenvalue weighted by Crippen LogP contribution is 2.12. The molecule has 0 saturated heterocycles. The highest BCUT2D eigenvalue weighted by Gasteiger charge is 2.20. The van der Waals surface area contributed by atoms with Crippen LogP contribution in [0.1, 0.15) is 33.3 Å². The smallest absolute Gasteiger partial charge is 0.249 e. The van der Waals surface area contributed by atoms with Crippen molar-refractivity contribution in [2.24, 2.45) is 0 Å². The maximum atomic E-state index is 11.9. The molecule has 0 aliphatic heterocycles.